The molecule has 1 aliphatic rings. The maximum atomic E-state index is 12.3. The monoisotopic (exact) mass is 320 g/mol. The van der Waals surface area contributed by atoms with Crippen LogP contribution in [-0.4, -0.2) is 31.3 Å². The number of halogens is 1. The molecule has 1 fully saturated rings. The number of H-pyrrole nitrogens is 1. The number of pyridine rings is 1. The summed E-state index contributed by atoms with van der Waals surface area (Å²) in [5, 5.41) is 14.1. The van der Waals surface area contributed by atoms with Crippen LogP contribution in [0.4, 0.5) is 5.13 Å². The van der Waals surface area contributed by atoms with Gasteiger partial charge in [-0.25, -0.2) is 9.97 Å². The summed E-state index contributed by atoms with van der Waals surface area (Å²) in [6, 6.07) is 3.43. The van der Waals surface area contributed by atoms with Gasteiger partial charge in [0.2, 0.25) is 0 Å². The zero-order valence-corrected chi connectivity index (χ0v) is 12.2. The molecular formula is C12H9ClN6OS. The average Bonchev–Trinajstić information content (AvgIpc) is 3.04. The first-order valence-corrected chi connectivity index (χ1v) is 7.55. The highest BCUT2D eigenvalue weighted by molar-refractivity contribution is 7.22. The SMILES string of the molecule is O=C(Nc1nc2ccc(Cl)nc2s1)c1n[nH]nc1C1CC1. The Morgan fingerprint density at radius 3 is 3.00 bits per heavy atom. The molecule has 106 valence electrons. The van der Waals surface area contributed by atoms with Crippen molar-refractivity contribution in [2.24, 2.45) is 0 Å². The van der Waals surface area contributed by atoms with Gasteiger partial charge in [-0.3, -0.25) is 10.1 Å². The van der Waals surface area contributed by atoms with E-state index in [1.165, 1.54) is 11.3 Å². The van der Waals surface area contributed by atoms with Crippen molar-refractivity contribution in [1.82, 2.24) is 25.4 Å². The van der Waals surface area contributed by atoms with E-state index in [4.69, 9.17) is 11.6 Å². The van der Waals surface area contributed by atoms with Crippen molar-refractivity contribution in [2.45, 2.75) is 18.8 Å². The van der Waals surface area contributed by atoms with E-state index in [0.717, 1.165) is 18.5 Å². The predicted octanol–water partition coefficient (Wildman–Crippen LogP) is 2.59. The van der Waals surface area contributed by atoms with Crippen LogP contribution in [0.2, 0.25) is 5.15 Å². The second kappa shape index (κ2) is 4.74. The van der Waals surface area contributed by atoms with Crippen LogP contribution in [0.25, 0.3) is 10.3 Å². The van der Waals surface area contributed by atoms with Crippen molar-refractivity contribution < 1.29 is 4.79 Å². The van der Waals surface area contributed by atoms with Crippen molar-refractivity contribution in [1.29, 1.82) is 0 Å². The third kappa shape index (κ3) is 2.36. The van der Waals surface area contributed by atoms with E-state index >= 15 is 0 Å². The van der Waals surface area contributed by atoms with E-state index < -0.39 is 0 Å². The normalized spacial score (nSPS) is 14.5. The van der Waals surface area contributed by atoms with Crippen molar-refractivity contribution in [3.8, 4) is 0 Å². The molecule has 9 heteroatoms. The molecule has 1 saturated carbocycles. The zero-order valence-electron chi connectivity index (χ0n) is 10.6. The van der Waals surface area contributed by atoms with E-state index in [1.807, 2.05) is 0 Å². The first-order chi connectivity index (χ1) is 10.2. The topological polar surface area (TPSA) is 96.5 Å². The highest BCUT2D eigenvalue weighted by Crippen LogP contribution is 2.40. The van der Waals surface area contributed by atoms with E-state index in [9.17, 15) is 4.79 Å². The lowest BCUT2D eigenvalue weighted by Crippen LogP contribution is -2.14. The average molecular weight is 321 g/mol. The Morgan fingerprint density at radius 2 is 2.19 bits per heavy atom. The molecule has 3 heterocycles. The maximum Gasteiger partial charge on any atom is 0.279 e. The zero-order chi connectivity index (χ0) is 14.4. The third-order valence-corrected chi connectivity index (χ3v) is 4.29. The fourth-order valence-corrected chi connectivity index (χ4v) is 3.08. The van der Waals surface area contributed by atoms with E-state index in [0.29, 0.717) is 32.2 Å². The Bertz CT molecular complexity index is 839. The van der Waals surface area contributed by atoms with Crippen molar-refractivity contribution in [3.63, 3.8) is 0 Å². The molecular weight excluding hydrogens is 312 g/mol. The standard InChI is InChI=1S/C12H9ClN6OS/c13-7-4-3-6-11(15-7)21-12(14-6)16-10(20)9-8(5-1-2-5)17-19-18-9/h3-5H,1-2H2,(H,14,16,20)(H,17,18,19). The second-order valence-corrected chi connectivity index (χ2v) is 6.13. The lowest BCUT2D eigenvalue weighted by atomic mass is 10.2. The number of hydrogen-bond acceptors (Lipinski definition) is 6. The highest BCUT2D eigenvalue weighted by atomic mass is 35.5. The van der Waals surface area contributed by atoms with Crippen LogP contribution in [0.5, 0.6) is 0 Å². The Kier molecular flexibility index (Phi) is 2.86. The number of nitrogens with zero attached hydrogens (tertiary/aromatic N) is 4. The molecule has 0 unspecified atom stereocenters. The summed E-state index contributed by atoms with van der Waals surface area (Å²) < 4.78 is 0. The number of hydrogen-bond donors (Lipinski definition) is 2. The molecule has 1 aliphatic carbocycles. The Labute approximate surface area is 127 Å². The summed E-state index contributed by atoms with van der Waals surface area (Å²) in [4.78, 5) is 21.4. The van der Waals surface area contributed by atoms with Gasteiger partial charge in [0.1, 0.15) is 15.5 Å². The van der Waals surface area contributed by atoms with Crippen LogP contribution in [0.3, 0.4) is 0 Å². The molecule has 0 aromatic carbocycles. The molecule has 0 aliphatic heterocycles. The van der Waals surface area contributed by atoms with E-state index in [-0.39, 0.29) is 5.91 Å². The lowest BCUT2D eigenvalue weighted by molar-refractivity contribution is 0.102. The van der Waals surface area contributed by atoms with Gasteiger partial charge in [0, 0.05) is 5.92 Å². The molecule has 3 aromatic rings. The maximum absolute atomic E-state index is 12.3. The summed E-state index contributed by atoms with van der Waals surface area (Å²) in [5.74, 6) is 0.0381. The quantitative estimate of drug-likeness (QED) is 0.723. The molecule has 3 aromatic heterocycles. The summed E-state index contributed by atoms with van der Waals surface area (Å²) in [6.45, 7) is 0. The number of thiazole rings is 1. The van der Waals surface area contributed by atoms with Gasteiger partial charge in [0.25, 0.3) is 5.91 Å². The Hall–Kier alpha value is -2.06. The molecule has 7 nitrogen and oxygen atoms in total. The minimum atomic E-state index is -0.309. The van der Waals surface area contributed by atoms with E-state index in [2.05, 4.69) is 30.7 Å². The number of amides is 1. The lowest BCUT2D eigenvalue weighted by Gasteiger charge is -1.99. The summed E-state index contributed by atoms with van der Waals surface area (Å²) in [7, 11) is 0. The van der Waals surface area contributed by atoms with E-state index in [1.54, 1.807) is 12.1 Å². The number of fused-ring (bicyclic) bond motifs is 1. The van der Waals surface area contributed by atoms with Crippen LogP contribution in [0.15, 0.2) is 12.1 Å². The minimum absolute atomic E-state index is 0.309. The number of carbonyl (C=O) groups is 1. The number of rotatable bonds is 3. The molecule has 0 atom stereocenters. The van der Waals surface area contributed by atoms with Crippen LogP contribution < -0.4 is 5.32 Å². The number of aromatic nitrogens is 5. The van der Waals surface area contributed by atoms with Gasteiger partial charge < -0.3 is 0 Å². The van der Waals surface area contributed by atoms with Gasteiger partial charge in [-0.2, -0.15) is 15.4 Å². The molecule has 0 saturated heterocycles. The molecule has 21 heavy (non-hydrogen) atoms. The Balaban J connectivity index is 1.61. The second-order valence-electron chi connectivity index (χ2n) is 4.76. The third-order valence-electron chi connectivity index (χ3n) is 3.20. The van der Waals surface area contributed by atoms with Gasteiger partial charge in [0.15, 0.2) is 10.8 Å². The number of carbonyl (C=O) groups excluding carboxylic acids is 1. The van der Waals surface area contributed by atoms with Gasteiger partial charge in [-0.05, 0) is 25.0 Å². The fraction of sp³-hybridized carbons (Fsp3) is 0.250. The molecule has 0 radical (unpaired) electrons. The summed E-state index contributed by atoms with van der Waals surface area (Å²) in [5.41, 5.74) is 1.76. The first-order valence-electron chi connectivity index (χ1n) is 6.36. The predicted molar refractivity (Wildman–Crippen MR) is 78.7 cm³/mol. The van der Waals surface area contributed by atoms with Gasteiger partial charge in [-0.1, -0.05) is 22.9 Å². The Morgan fingerprint density at radius 1 is 1.33 bits per heavy atom. The highest BCUT2D eigenvalue weighted by Gasteiger charge is 2.32. The number of aromatic amines is 1. The molecule has 1 amide bonds. The van der Waals surface area contributed by atoms with Crippen molar-refractivity contribution in [3.05, 3.63) is 28.7 Å². The fourth-order valence-electron chi connectivity index (χ4n) is 2.05. The van der Waals surface area contributed by atoms with Crippen molar-refractivity contribution >= 4 is 44.3 Å². The molecule has 0 bridgehead atoms. The van der Waals surface area contributed by atoms with Crippen LogP contribution in [0.1, 0.15) is 34.9 Å². The van der Waals surface area contributed by atoms with Gasteiger partial charge >= 0.3 is 0 Å². The van der Waals surface area contributed by atoms with Crippen molar-refractivity contribution in [2.75, 3.05) is 5.32 Å². The van der Waals surface area contributed by atoms with Gasteiger partial charge in [-0.15, -0.1) is 0 Å². The van der Waals surface area contributed by atoms with Gasteiger partial charge in [0.05, 0.1) is 5.69 Å². The molecule has 4 rings (SSSR count). The molecule has 2 N–H and O–H groups in total. The smallest absolute Gasteiger partial charge is 0.279 e. The first kappa shape index (κ1) is 12.7. The number of anilines is 1. The molecule has 0 spiro atoms. The van der Waals surface area contributed by atoms with Crippen LogP contribution in [0, 0.1) is 0 Å². The minimum Gasteiger partial charge on any atom is -0.296 e. The summed E-state index contributed by atoms with van der Waals surface area (Å²) >= 11 is 7.11. The van der Waals surface area contributed by atoms with Crippen LogP contribution >= 0.6 is 22.9 Å². The number of nitrogens with one attached hydrogen (secondary N) is 2. The van der Waals surface area contributed by atoms with Crippen LogP contribution in [-0.2, 0) is 0 Å². The largest absolute Gasteiger partial charge is 0.296 e. The summed E-state index contributed by atoms with van der Waals surface area (Å²) in [6.07, 6.45) is 2.10.